The minimum absolute atomic E-state index is 1.22. The molecular formula is C50H64S2. The van der Waals surface area contributed by atoms with Crippen molar-refractivity contribution in [3.05, 3.63) is 94.7 Å². The molecule has 0 aliphatic carbocycles. The van der Waals surface area contributed by atoms with E-state index >= 15 is 0 Å². The molecule has 2 heterocycles. The lowest BCUT2D eigenvalue weighted by Crippen LogP contribution is -1.85. The van der Waals surface area contributed by atoms with E-state index in [0.717, 1.165) is 0 Å². The van der Waals surface area contributed by atoms with E-state index in [4.69, 9.17) is 0 Å². The Morgan fingerprint density at radius 1 is 0.308 bits per heavy atom. The summed E-state index contributed by atoms with van der Waals surface area (Å²) in [5, 5.41) is 8.18. The van der Waals surface area contributed by atoms with E-state index in [9.17, 15) is 0 Å². The number of benzene rings is 4. The van der Waals surface area contributed by atoms with Gasteiger partial charge in [-0.05, 0) is 93.4 Å². The van der Waals surface area contributed by atoms with Crippen LogP contribution in [0.1, 0.15) is 152 Å². The van der Waals surface area contributed by atoms with Gasteiger partial charge in [-0.2, -0.15) is 0 Å². The van der Waals surface area contributed by atoms with E-state index in [1.165, 1.54) is 204 Å². The van der Waals surface area contributed by atoms with Crippen molar-refractivity contribution >= 4 is 55.0 Å². The third kappa shape index (κ3) is 10.6. The Bertz CT molecular complexity index is 1800. The van der Waals surface area contributed by atoms with Crippen LogP contribution in [-0.2, 0) is 12.8 Å². The van der Waals surface area contributed by atoms with E-state index in [1.54, 1.807) is 0 Å². The molecular weight excluding hydrogens is 665 g/mol. The molecule has 276 valence electrons. The fourth-order valence-corrected chi connectivity index (χ4v) is 10.4. The molecule has 0 aliphatic heterocycles. The molecule has 0 radical (unpaired) electrons. The van der Waals surface area contributed by atoms with Crippen LogP contribution < -0.4 is 0 Å². The number of hydrogen-bond donors (Lipinski definition) is 0. The quantitative estimate of drug-likeness (QED) is 0.0430. The first-order valence-corrected chi connectivity index (χ1v) is 23.0. The van der Waals surface area contributed by atoms with Crippen LogP contribution in [0.2, 0.25) is 0 Å². The third-order valence-corrected chi connectivity index (χ3v) is 13.7. The Morgan fingerprint density at radius 2 is 0.635 bits per heavy atom. The van der Waals surface area contributed by atoms with Crippen molar-refractivity contribution in [1.29, 1.82) is 0 Å². The Labute approximate surface area is 324 Å². The highest BCUT2D eigenvalue weighted by atomic mass is 32.1. The molecule has 0 amide bonds. The van der Waals surface area contributed by atoms with Crippen molar-refractivity contribution in [2.75, 3.05) is 0 Å². The van der Waals surface area contributed by atoms with Crippen LogP contribution in [0.5, 0.6) is 0 Å². The Balaban J connectivity index is 1.07. The van der Waals surface area contributed by atoms with Crippen LogP contribution in [0.3, 0.4) is 0 Å². The summed E-state index contributed by atoms with van der Waals surface area (Å²) in [4.78, 5) is 5.88. The number of hydrogen-bond acceptors (Lipinski definition) is 2. The molecule has 0 nitrogen and oxygen atoms in total. The van der Waals surface area contributed by atoms with Gasteiger partial charge in [-0.15, -0.1) is 22.7 Å². The van der Waals surface area contributed by atoms with Crippen molar-refractivity contribution in [3.63, 3.8) is 0 Å². The lowest BCUT2D eigenvalue weighted by molar-refractivity contribution is 0.557. The molecule has 2 heteroatoms. The minimum Gasteiger partial charge on any atom is -0.140 e. The predicted octanol–water partition coefficient (Wildman–Crippen LogP) is 17.5. The lowest BCUT2D eigenvalue weighted by atomic mass is 9.93. The van der Waals surface area contributed by atoms with Crippen molar-refractivity contribution in [1.82, 2.24) is 0 Å². The van der Waals surface area contributed by atoms with Crippen LogP contribution in [-0.4, -0.2) is 0 Å². The van der Waals surface area contributed by atoms with Gasteiger partial charge in [0, 0.05) is 19.5 Å². The van der Waals surface area contributed by atoms with Gasteiger partial charge in [-0.1, -0.05) is 190 Å². The first-order chi connectivity index (χ1) is 25.8. The molecule has 0 aliphatic rings. The molecule has 6 rings (SSSR count). The normalized spacial score (nSPS) is 11.8. The van der Waals surface area contributed by atoms with Crippen LogP contribution in [0, 0.1) is 0 Å². The first kappa shape index (κ1) is 38.8. The molecule has 2 aromatic heterocycles. The zero-order valence-electron chi connectivity index (χ0n) is 32.5. The number of thiophene rings is 2. The molecule has 52 heavy (non-hydrogen) atoms. The summed E-state index contributed by atoms with van der Waals surface area (Å²) in [5.41, 5.74) is 2.75. The van der Waals surface area contributed by atoms with Crippen LogP contribution in [0.15, 0.2) is 84.9 Å². The highest BCUT2D eigenvalue weighted by Crippen LogP contribution is 2.41. The standard InChI is InChI=1S/C50H64S2/c1-3-5-7-9-11-13-15-17-19-21-25-39-31-37-49(51-39)47-29-23-27-41-43-34-36-46-42(44(43)33-35-45(41)47)28-24-30-48(46)50-38-32-40(52-50)26-22-20-18-16-14-12-10-8-6-4-2/h23-24,27-38H,3-22,25-26H2,1-2H3. The molecule has 0 fully saturated rings. The molecule has 0 atom stereocenters. The number of unbranched alkanes of at least 4 members (excludes halogenated alkanes) is 18. The van der Waals surface area contributed by atoms with Crippen molar-refractivity contribution < 1.29 is 0 Å². The second-order valence-electron chi connectivity index (χ2n) is 15.4. The predicted molar refractivity (Wildman–Crippen MR) is 237 cm³/mol. The smallest absolute Gasteiger partial charge is 0.0351 e. The van der Waals surface area contributed by atoms with Crippen LogP contribution in [0.4, 0.5) is 0 Å². The SMILES string of the molecule is CCCCCCCCCCCCc1ccc(-c2cccc3c2ccc2c4cccc(-c5ccc(CCCCCCCCCCCC)s5)c4ccc32)s1. The zero-order valence-corrected chi connectivity index (χ0v) is 34.1. The van der Waals surface area contributed by atoms with Crippen molar-refractivity contribution in [2.24, 2.45) is 0 Å². The van der Waals surface area contributed by atoms with Crippen molar-refractivity contribution in [3.8, 4) is 20.9 Å². The molecule has 0 unspecified atom stereocenters. The van der Waals surface area contributed by atoms with E-state index < -0.39 is 0 Å². The average molecular weight is 729 g/mol. The maximum absolute atomic E-state index is 2.39. The summed E-state index contributed by atoms with van der Waals surface area (Å²) in [6.07, 6.45) is 30.4. The summed E-state index contributed by atoms with van der Waals surface area (Å²) in [6, 6.07) is 32.9. The number of fused-ring (bicyclic) bond motifs is 5. The largest absolute Gasteiger partial charge is 0.140 e. The van der Waals surface area contributed by atoms with Gasteiger partial charge in [-0.3, -0.25) is 0 Å². The highest BCUT2D eigenvalue weighted by Gasteiger charge is 2.13. The minimum atomic E-state index is 1.22. The second-order valence-corrected chi connectivity index (χ2v) is 17.8. The monoisotopic (exact) mass is 728 g/mol. The zero-order chi connectivity index (χ0) is 35.8. The van der Waals surface area contributed by atoms with E-state index in [0.29, 0.717) is 0 Å². The van der Waals surface area contributed by atoms with E-state index in [-0.39, 0.29) is 0 Å². The Morgan fingerprint density at radius 3 is 1.02 bits per heavy atom. The maximum Gasteiger partial charge on any atom is 0.0351 e. The average Bonchev–Trinajstić information content (AvgIpc) is 3.86. The summed E-state index contributed by atoms with van der Waals surface area (Å²) in [7, 11) is 0. The summed E-state index contributed by atoms with van der Waals surface area (Å²) in [6.45, 7) is 4.60. The van der Waals surface area contributed by atoms with Gasteiger partial charge in [0.05, 0.1) is 0 Å². The molecule has 4 aromatic carbocycles. The van der Waals surface area contributed by atoms with Gasteiger partial charge in [0.2, 0.25) is 0 Å². The Kier molecular flexibility index (Phi) is 15.7. The molecule has 0 N–H and O–H groups in total. The molecule has 6 aromatic rings. The van der Waals surface area contributed by atoms with Gasteiger partial charge in [-0.25, -0.2) is 0 Å². The molecule has 0 saturated heterocycles. The topological polar surface area (TPSA) is 0 Å². The molecule has 0 spiro atoms. The first-order valence-electron chi connectivity index (χ1n) is 21.3. The van der Waals surface area contributed by atoms with Crippen LogP contribution >= 0.6 is 22.7 Å². The maximum atomic E-state index is 2.39. The molecule has 0 bridgehead atoms. The second kappa shape index (κ2) is 21.1. The summed E-state index contributed by atoms with van der Waals surface area (Å²) in [5.74, 6) is 0. The lowest BCUT2D eigenvalue weighted by Gasteiger charge is -2.12. The van der Waals surface area contributed by atoms with Gasteiger partial charge < -0.3 is 0 Å². The van der Waals surface area contributed by atoms with E-state index in [1.807, 2.05) is 22.7 Å². The fraction of sp³-hybridized carbons (Fsp3) is 0.480. The van der Waals surface area contributed by atoms with Gasteiger partial charge in [0.25, 0.3) is 0 Å². The van der Waals surface area contributed by atoms with Gasteiger partial charge in [0.1, 0.15) is 0 Å². The highest BCUT2D eigenvalue weighted by molar-refractivity contribution is 7.16. The van der Waals surface area contributed by atoms with Crippen molar-refractivity contribution in [2.45, 2.75) is 155 Å². The van der Waals surface area contributed by atoms with Gasteiger partial charge >= 0.3 is 0 Å². The Hall–Kier alpha value is -2.94. The number of rotatable bonds is 24. The fourth-order valence-electron chi connectivity index (χ4n) is 8.26. The number of aryl methyl sites for hydroxylation is 2. The summed E-state index contributed by atoms with van der Waals surface area (Å²) >= 11 is 4.01. The molecule has 0 saturated carbocycles. The van der Waals surface area contributed by atoms with E-state index in [2.05, 4.69) is 98.8 Å². The third-order valence-electron chi connectivity index (χ3n) is 11.3. The summed E-state index contributed by atoms with van der Waals surface area (Å²) < 4.78 is 0. The van der Waals surface area contributed by atoms with Crippen LogP contribution in [0.25, 0.3) is 53.2 Å². The van der Waals surface area contributed by atoms with Gasteiger partial charge in [0.15, 0.2) is 0 Å².